The molecule has 1 saturated heterocycles. The van der Waals surface area contributed by atoms with Gasteiger partial charge in [-0.05, 0) is 35.2 Å². The van der Waals surface area contributed by atoms with Crippen LogP contribution >= 0.6 is 0 Å². The predicted octanol–water partition coefficient (Wildman–Crippen LogP) is 0.647. The van der Waals surface area contributed by atoms with E-state index in [0.29, 0.717) is 30.2 Å². The highest BCUT2D eigenvalue weighted by Crippen LogP contribution is 2.41. The van der Waals surface area contributed by atoms with Crippen LogP contribution < -0.4 is 23.5 Å². The molecule has 3 aromatic rings. The van der Waals surface area contributed by atoms with E-state index < -0.39 is 36.7 Å². The highest BCUT2D eigenvalue weighted by atomic mass is 16.7. The van der Waals surface area contributed by atoms with Gasteiger partial charge in [0.15, 0.2) is 41.8 Å². The van der Waals surface area contributed by atoms with Gasteiger partial charge in [0.05, 0.1) is 32.3 Å². The smallest absolute Gasteiger partial charge is 0.335 e. The van der Waals surface area contributed by atoms with E-state index in [4.69, 9.17) is 23.7 Å². The van der Waals surface area contributed by atoms with E-state index in [9.17, 15) is 25.2 Å². The van der Waals surface area contributed by atoms with Crippen molar-refractivity contribution in [1.82, 2.24) is 0 Å². The maximum Gasteiger partial charge on any atom is 0.335 e. The first-order valence-corrected chi connectivity index (χ1v) is 11.7. The molecular weight excluding hydrogens is 486 g/mol. The Labute approximate surface area is 212 Å². The van der Waals surface area contributed by atoms with Crippen molar-refractivity contribution in [2.45, 2.75) is 43.7 Å². The summed E-state index contributed by atoms with van der Waals surface area (Å²) >= 11 is 0. The van der Waals surface area contributed by atoms with Crippen LogP contribution in [-0.2, 0) is 22.5 Å². The zero-order valence-electron chi connectivity index (χ0n) is 20.5. The number of benzene rings is 2. The summed E-state index contributed by atoms with van der Waals surface area (Å²) in [5.41, 5.74) is 2.75. The number of carboxylic acids is 1. The summed E-state index contributed by atoms with van der Waals surface area (Å²) in [6.07, 6.45) is -5.92. The van der Waals surface area contributed by atoms with Crippen molar-refractivity contribution < 1.29 is 53.5 Å². The molecule has 3 heterocycles. The molecule has 11 nitrogen and oxygen atoms in total. The zero-order chi connectivity index (χ0) is 26.4. The predicted molar refractivity (Wildman–Crippen MR) is 128 cm³/mol. The molecule has 2 aromatic carbocycles. The van der Waals surface area contributed by atoms with E-state index in [1.54, 1.807) is 20.3 Å². The van der Waals surface area contributed by atoms with E-state index >= 15 is 0 Å². The van der Waals surface area contributed by atoms with Gasteiger partial charge in [0.1, 0.15) is 18.3 Å². The van der Waals surface area contributed by atoms with Crippen LogP contribution in [0.25, 0.3) is 22.0 Å². The standard InChI is InChI=1S/C26H27NO10/c1-33-17-5-4-12-8-16-14-10-19(36-26-22(30)20(28)21(29)24(37-26)25(31)32)18(34-2)9-13(14)6-7-27(16)11-15(12)23(17)35-3/h4-5,8-11,20-22,24,26,28-30H,6-7H2,1-3H3/p+1/t20-,21-,22+,24-,26+/m0/s1. The van der Waals surface area contributed by atoms with Crippen molar-refractivity contribution in [1.29, 1.82) is 0 Å². The lowest BCUT2D eigenvalue weighted by Gasteiger charge is -2.38. The molecule has 0 radical (unpaired) electrons. The second-order valence-electron chi connectivity index (χ2n) is 8.92. The van der Waals surface area contributed by atoms with E-state index in [0.717, 1.165) is 27.6 Å². The molecule has 0 amide bonds. The van der Waals surface area contributed by atoms with E-state index in [2.05, 4.69) is 4.57 Å². The van der Waals surface area contributed by atoms with Crippen molar-refractivity contribution in [3.63, 3.8) is 0 Å². The fourth-order valence-corrected chi connectivity index (χ4v) is 4.91. The van der Waals surface area contributed by atoms with Gasteiger partial charge in [0.25, 0.3) is 0 Å². The van der Waals surface area contributed by atoms with Crippen LogP contribution in [-0.4, -0.2) is 78.4 Å². The lowest BCUT2D eigenvalue weighted by molar-refractivity contribution is -0.686. The molecule has 37 heavy (non-hydrogen) atoms. The van der Waals surface area contributed by atoms with Crippen molar-refractivity contribution in [3.8, 4) is 34.3 Å². The minimum atomic E-state index is -1.81. The summed E-state index contributed by atoms with van der Waals surface area (Å²) in [6.45, 7) is 0.705. The van der Waals surface area contributed by atoms with E-state index in [1.165, 1.54) is 7.11 Å². The fraction of sp³-hybridized carbons (Fsp3) is 0.385. The van der Waals surface area contributed by atoms with Gasteiger partial charge < -0.3 is 44.1 Å². The minimum absolute atomic E-state index is 0.180. The number of pyridine rings is 1. The number of carboxylic acid groups (broad SMARTS) is 1. The number of carbonyl (C=O) groups is 1. The molecule has 2 aliphatic rings. The third-order valence-corrected chi connectivity index (χ3v) is 6.85. The lowest BCUT2D eigenvalue weighted by Crippen LogP contribution is -2.61. The Morgan fingerprint density at radius 3 is 2.38 bits per heavy atom. The normalized spacial score (nSPS) is 24.6. The van der Waals surface area contributed by atoms with Crippen LogP contribution in [0.2, 0.25) is 0 Å². The number of fused-ring (bicyclic) bond motifs is 4. The topological polar surface area (TPSA) is 148 Å². The Morgan fingerprint density at radius 2 is 1.70 bits per heavy atom. The Kier molecular flexibility index (Phi) is 6.54. The van der Waals surface area contributed by atoms with Crippen LogP contribution in [0.4, 0.5) is 0 Å². The first kappa shape index (κ1) is 25.0. The van der Waals surface area contributed by atoms with Gasteiger partial charge in [-0.15, -0.1) is 0 Å². The molecule has 1 fully saturated rings. The van der Waals surface area contributed by atoms with Gasteiger partial charge in [-0.1, -0.05) is 0 Å². The van der Waals surface area contributed by atoms with Crippen molar-refractivity contribution in [2.75, 3.05) is 21.3 Å². The summed E-state index contributed by atoms with van der Waals surface area (Å²) in [6, 6.07) is 9.36. The first-order chi connectivity index (χ1) is 17.8. The first-order valence-electron chi connectivity index (χ1n) is 11.7. The van der Waals surface area contributed by atoms with Crippen molar-refractivity contribution in [3.05, 3.63) is 42.1 Å². The highest BCUT2D eigenvalue weighted by Gasteiger charge is 2.48. The van der Waals surface area contributed by atoms with Crippen LogP contribution in [0.15, 0.2) is 36.5 Å². The molecule has 4 N–H and O–H groups in total. The Hall–Kier alpha value is -3.64. The zero-order valence-corrected chi connectivity index (χ0v) is 20.5. The van der Waals surface area contributed by atoms with Gasteiger partial charge >= 0.3 is 5.97 Å². The third-order valence-electron chi connectivity index (χ3n) is 6.85. The molecule has 0 aliphatic carbocycles. The number of hydrogen-bond donors (Lipinski definition) is 4. The summed E-state index contributed by atoms with van der Waals surface area (Å²) < 4.78 is 29.8. The molecule has 0 saturated carbocycles. The molecule has 1 aromatic heterocycles. The number of rotatable bonds is 6. The summed E-state index contributed by atoms with van der Waals surface area (Å²) in [7, 11) is 4.65. The maximum atomic E-state index is 11.5. The van der Waals surface area contributed by atoms with Crippen molar-refractivity contribution >= 4 is 16.7 Å². The molecule has 5 rings (SSSR count). The minimum Gasteiger partial charge on any atom is -0.493 e. The number of aliphatic hydroxyl groups excluding tert-OH is 3. The maximum absolute atomic E-state index is 11.5. The number of ether oxygens (including phenoxy) is 5. The van der Waals surface area contributed by atoms with Crippen molar-refractivity contribution in [2.24, 2.45) is 0 Å². The van der Waals surface area contributed by atoms with Gasteiger partial charge in [-0.2, -0.15) is 4.57 Å². The molecule has 196 valence electrons. The number of methoxy groups -OCH3 is 3. The number of aliphatic hydroxyl groups is 3. The van der Waals surface area contributed by atoms with Gasteiger partial charge in [-0.25, -0.2) is 4.79 Å². The average molecular weight is 515 g/mol. The summed E-state index contributed by atoms with van der Waals surface area (Å²) in [5.74, 6) is 0.303. The number of aromatic nitrogens is 1. The second kappa shape index (κ2) is 9.67. The summed E-state index contributed by atoms with van der Waals surface area (Å²) in [5, 5.41) is 41.7. The fourth-order valence-electron chi connectivity index (χ4n) is 4.91. The number of hydrogen-bond acceptors (Lipinski definition) is 9. The van der Waals surface area contributed by atoms with E-state index in [1.807, 2.05) is 30.5 Å². The molecule has 2 aliphatic heterocycles. The monoisotopic (exact) mass is 514 g/mol. The molecule has 0 spiro atoms. The number of aliphatic carboxylic acids is 1. The van der Waals surface area contributed by atoms with Crippen LogP contribution in [0.5, 0.6) is 23.0 Å². The van der Waals surface area contributed by atoms with Gasteiger partial charge in [0.2, 0.25) is 12.0 Å². The molecule has 5 atom stereocenters. The number of nitrogens with zero attached hydrogens (tertiary/aromatic N) is 1. The Morgan fingerprint density at radius 1 is 0.946 bits per heavy atom. The third kappa shape index (κ3) is 4.19. The molecule has 11 heteroatoms. The van der Waals surface area contributed by atoms with Crippen LogP contribution in [0.3, 0.4) is 0 Å². The Bertz CT molecular complexity index is 1360. The largest absolute Gasteiger partial charge is 0.493 e. The van der Waals surface area contributed by atoms with Crippen LogP contribution in [0.1, 0.15) is 5.56 Å². The lowest BCUT2D eigenvalue weighted by atomic mass is 9.95. The number of aryl methyl sites for hydroxylation is 2. The average Bonchev–Trinajstić information content (AvgIpc) is 2.90. The molecular formula is C26H28NO10+. The quantitative estimate of drug-likeness (QED) is 0.346. The SMILES string of the molecule is COc1cc2c(cc1O[C@@H]1O[C@H](C(=O)O)[C@@H](O)[C@H](O)[C@H]1O)-c1cc3ccc(OC)c(OC)c3c[n+]1CC2. The van der Waals surface area contributed by atoms with Gasteiger partial charge in [-0.3, -0.25) is 0 Å². The van der Waals surface area contributed by atoms with Crippen LogP contribution in [0, 0.1) is 0 Å². The second-order valence-corrected chi connectivity index (χ2v) is 8.92. The molecule has 0 bridgehead atoms. The molecule has 0 unspecified atom stereocenters. The highest BCUT2D eigenvalue weighted by molar-refractivity contribution is 5.91. The van der Waals surface area contributed by atoms with Gasteiger partial charge in [0, 0.05) is 12.5 Å². The Balaban J connectivity index is 1.57. The van der Waals surface area contributed by atoms with E-state index in [-0.39, 0.29) is 5.75 Å². The summed E-state index contributed by atoms with van der Waals surface area (Å²) in [4.78, 5) is 11.5.